The number of methoxy groups -OCH3 is 1. The zero-order valence-corrected chi connectivity index (χ0v) is 12.2. The van der Waals surface area contributed by atoms with Crippen molar-refractivity contribution in [3.05, 3.63) is 45.6 Å². The number of aromatic carboxylic acids is 1. The van der Waals surface area contributed by atoms with Gasteiger partial charge in [0.25, 0.3) is 0 Å². The first kappa shape index (κ1) is 15.3. The molecular weight excluding hydrogens is 320 g/mol. The molecular formula is C16H10O8. The van der Waals surface area contributed by atoms with E-state index in [4.69, 9.17) is 4.42 Å². The highest BCUT2D eigenvalue weighted by atomic mass is 16.5. The number of hydrogen-bond donors (Lipinski definition) is 3. The number of hydrogen-bond acceptors (Lipinski definition) is 7. The minimum Gasteiger partial charge on any atom is -0.508 e. The van der Waals surface area contributed by atoms with Crippen LogP contribution in [0, 0.1) is 0 Å². The van der Waals surface area contributed by atoms with Crippen molar-refractivity contribution < 1.29 is 34.1 Å². The molecule has 1 heterocycles. The van der Waals surface area contributed by atoms with E-state index < -0.39 is 34.4 Å². The molecule has 0 radical (unpaired) electrons. The van der Waals surface area contributed by atoms with E-state index in [2.05, 4.69) is 4.74 Å². The molecule has 0 bridgehead atoms. The highest BCUT2D eigenvalue weighted by Gasteiger charge is 2.22. The Bertz CT molecular complexity index is 1080. The Kier molecular flexibility index (Phi) is 3.37. The zero-order chi connectivity index (χ0) is 17.6. The average Bonchev–Trinajstić information content (AvgIpc) is 2.55. The Morgan fingerprint density at radius 1 is 1.04 bits per heavy atom. The number of aromatic hydroxyl groups is 2. The Hall–Kier alpha value is -3.55. The molecule has 0 spiro atoms. The lowest BCUT2D eigenvalue weighted by atomic mass is 10.1. The molecule has 0 aliphatic heterocycles. The highest BCUT2D eigenvalue weighted by Crippen LogP contribution is 2.32. The van der Waals surface area contributed by atoms with E-state index in [0.717, 1.165) is 19.2 Å². The summed E-state index contributed by atoms with van der Waals surface area (Å²) in [6, 6.07) is 4.42. The van der Waals surface area contributed by atoms with E-state index >= 15 is 0 Å². The van der Waals surface area contributed by atoms with Crippen LogP contribution in [0.3, 0.4) is 0 Å². The molecule has 8 nitrogen and oxygen atoms in total. The summed E-state index contributed by atoms with van der Waals surface area (Å²) in [6.45, 7) is 0. The topological polar surface area (TPSA) is 134 Å². The van der Waals surface area contributed by atoms with E-state index in [1.54, 1.807) is 0 Å². The molecule has 0 atom stereocenters. The number of phenolic OH excluding ortho intramolecular Hbond substituents is 2. The fourth-order valence-electron chi connectivity index (χ4n) is 2.43. The van der Waals surface area contributed by atoms with Gasteiger partial charge in [-0.15, -0.1) is 0 Å². The summed E-state index contributed by atoms with van der Waals surface area (Å²) in [5, 5.41) is 28.8. The number of ether oxygens (including phenoxy) is 1. The number of carboxylic acid groups (broad SMARTS) is 1. The number of carbonyl (C=O) groups is 2. The van der Waals surface area contributed by atoms with Crippen molar-refractivity contribution in [3.8, 4) is 11.5 Å². The molecule has 0 aliphatic carbocycles. The molecule has 3 rings (SSSR count). The second-order valence-electron chi connectivity index (χ2n) is 4.94. The molecule has 1 aromatic heterocycles. The lowest BCUT2D eigenvalue weighted by molar-refractivity contribution is 0.0596. The number of fused-ring (bicyclic) bond motifs is 2. The van der Waals surface area contributed by atoms with Crippen molar-refractivity contribution in [1.82, 2.24) is 0 Å². The van der Waals surface area contributed by atoms with Crippen molar-refractivity contribution in [3.63, 3.8) is 0 Å². The summed E-state index contributed by atoms with van der Waals surface area (Å²) in [4.78, 5) is 35.5. The van der Waals surface area contributed by atoms with Gasteiger partial charge in [0.2, 0.25) is 5.43 Å². The molecule has 3 aromatic rings. The van der Waals surface area contributed by atoms with Gasteiger partial charge in [0.15, 0.2) is 16.9 Å². The number of carbonyl (C=O) groups excluding carboxylic acids is 1. The minimum absolute atomic E-state index is 0.0745. The maximum atomic E-state index is 12.5. The van der Waals surface area contributed by atoms with Crippen molar-refractivity contribution in [1.29, 1.82) is 0 Å². The van der Waals surface area contributed by atoms with Gasteiger partial charge in [0, 0.05) is 0 Å². The number of rotatable bonds is 2. The average molecular weight is 330 g/mol. The smallest absolute Gasteiger partial charge is 0.341 e. The largest absolute Gasteiger partial charge is 0.508 e. The highest BCUT2D eigenvalue weighted by molar-refractivity contribution is 6.06. The van der Waals surface area contributed by atoms with Gasteiger partial charge in [-0.05, 0) is 24.3 Å². The Labute approximate surface area is 133 Å². The maximum Gasteiger partial charge on any atom is 0.341 e. The van der Waals surface area contributed by atoms with Crippen LogP contribution in [0.15, 0.2) is 33.5 Å². The molecule has 0 aliphatic rings. The van der Waals surface area contributed by atoms with Crippen LogP contribution in [0.2, 0.25) is 0 Å². The van der Waals surface area contributed by atoms with Crippen LogP contribution < -0.4 is 5.43 Å². The summed E-state index contributed by atoms with van der Waals surface area (Å²) >= 11 is 0. The molecule has 0 saturated carbocycles. The minimum atomic E-state index is -1.43. The van der Waals surface area contributed by atoms with E-state index in [1.807, 2.05) is 0 Å². The first-order valence-electron chi connectivity index (χ1n) is 6.62. The fourth-order valence-corrected chi connectivity index (χ4v) is 2.43. The van der Waals surface area contributed by atoms with Gasteiger partial charge in [0.05, 0.1) is 17.9 Å². The molecule has 0 unspecified atom stereocenters. The number of esters is 1. The predicted molar refractivity (Wildman–Crippen MR) is 81.6 cm³/mol. The quantitative estimate of drug-likeness (QED) is 0.478. The first-order chi connectivity index (χ1) is 11.3. The summed E-state index contributed by atoms with van der Waals surface area (Å²) < 4.78 is 9.91. The van der Waals surface area contributed by atoms with Crippen LogP contribution in [0.1, 0.15) is 20.7 Å². The monoisotopic (exact) mass is 330 g/mol. The number of phenols is 2. The fraction of sp³-hybridized carbons (Fsp3) is 0.0625. The predicted octanol–water partition coefficient (Wildman–Crippen LogP) is 1.84. The van der Waals surface area contributed by atoms with Crippen molar-refractivity contribution >= 4 is 33.9 Å². The summed E-state index contributed by atoms with van der Waals surface area (Å²) in [5.74, 6) is -3.33. The molecule has 2 aromatic carbocycles. The Balaban J connectivity index is 2.53. The van der Waals surface area contributed by atoms with Gasteiger partial charge >= 0.3 is 11.9 Å². The summed E-state index contributed by atoms with van der Waals surface area (Å²) in [7, 11) is 1.12. The second kappa shape index (κ2) is 5.27. The van der Waals surface area contributed by atoms with Crippen LogP contribution in [0.4, 0.5) is 0 Å². The molecule has 24 heavy (non-hydrogen) atoms. The van der Waals surface area contributed by atoms with E-state index in [-0.39, 0.29) is 27.5 Å². The summed E-state index contributed by atoms with van der Waals surface area (Å²) in [5.41, 5.74) is -2.01. The third-order valence-corrected chi connectivity index (χ3v) is 3.53. The van der Waals surface area contributed by atoms with Gasteiger partial charge in [-0.2, -0.15) is 0 Å². The van der Waals surface area contributed by atoms with Gasteiger partial charge in [-0.25, -0.2) is 9.59 Å². The van der Waals surface area contributed by atoms with Gasteiger partial charge in [0.1, 0.15) is 16.9 Å². The van der Waals surface area contributed by atoms with Gasteiger partial charge in [-0.3, -0.25) is 4.79 Å². The SMILES string of the molecule is COC(=O)c1ccc2c(=O)c3cc(O)cc(C(=O)O)c3oc2c1O. The lowest BCUT2D eigenvalue weighted by Crippen LogP contribution is -2.08. The van der Waals surface area contributed by atoms with Crippen molar-refractivity contribution in [2.75, 3.05) is 7.11 Å². The molecule has 122 valence electrons. The van der Waals surface area contributed by atoms with Gasteiger partial charge in [-0.1, -0.05) is 0 Å². The van der Waals surface area contributed by atoms with Gasteiger partial charge < -0.3 is 24.5 Å². The Morgan fingerprint density at radius 2 is 1.75 bits per heavy atom. The van der Waals surface area contributed by atoms with Crippen molar-refractivity contribution in [2.24, 2.45) is 0 Å². The normalized spacial score (nSPS) is 10.9. The third-order valence-electron chi connectivity index (χ3n) is 3.53. The Morgan fingerprint density at radius 3 is 2.38 bits per heavy atom. The molecule has 0 amide bonds. The van der Waals surface area contributed by atoms with Crippen LogP contribution in [0.25, 0.3) is 21.9 Å². The summed E-state index contributed by atoms with van der Waals surface area (Å²) in [6.07, 6.45) is 0. The van der Waals surface area contributed by atoms with E-state index in [9.17, 15) is 29.7 Å². The second-order valence-corrected chi connectivity index (χ2v) is 4.94. The van der Waals surface area contributed by atoms with Crippen LogP contribution in [-0.2, 0) is 4.74 Å². The third kappa shape index (κ3) is 2.12. The van der Waals surface area contributed by atoms with E-state index in [0.29, 0.717) is 0 Å². The van der Waals surface area contributed by atoms with Crippen LogP contribution >= 0.6 is 0 Å². The first-order valence-corrected chi connectivity index (χ1v) is 6.62. The van der Waals surface area contributed by atoms with Crippen LogP contribution in [-0.4, -0.2) is 34.4 Å². The van der Waals surface area contributed by atoms with E-state index in [1.165, 1.54) is 12.1 Å². The molecule has 0 saturated heterocycles. The van der Waals surface area contributed by atoms with Crippen molar-refractivity contribution in [2.45, 2.75) is 0 Å². The zero-order valence-electron chi connectivity index (χ0n) is 12.2. The lowest BCUT2D eigenvalue weighted by Gasteiger charge is -2.08. The molecule has 8 heteroatoms. The number of benzene rings is 2. The molecule has 3 N–H and O–H groups in total. The molecule has 0 fully saturated rings. The van der Waals surface area contributed by atoms with Crippen LogP contribution in [0.5, 0.6) is 11.5 Å². The number of carboxylic acids is 1. The maximum absolute atomic E-state index is 12.5. The standard InChI is InChI=1S/C16H10O8/c1-23-16(22)8-3-2-7-11(18)9-4-6(17)5-10(15(20)21)13(9)24-14(7)12(8)19/h2-5,17,19H,1H3,(H,20,21).